The third-order valence-corrected chi connectivity index (χ3v) is 5.70. The van der Waals surface area contributed by atoms with Gasteiger partial charge >= 0.3 is 5.97 Å². The number of carbonyl (C=O) groups excluding carboxylic acids is 1. The first-order chi connectivity index (χ1) is 11.6. The van der Waals surface area contributed by atoms with Crippen molar-refractivity contribution in [3.8, 4) is 0 Å². The Hall–Kier alpha value is -2.22. The lowest BCUT2D eigenvalue weighted by molar-refractivity contribution is 0.0662. The number of aromatic carboxylic acids is 1. The Morgan fingerprint density at radius 1 is 1.25 bits per heavy atom. The number of nitrogens with zero attached hydrogens (tertiary/aromatic N) is 4. The molecule has 1 atom stereocenters. The van der Waals surface area contributed by atoms with E-state index in [2.05, 4.69) is 14.8 Å². The molecule has 2 aromatic rings. The van der Waals surface area contributed by atoms with Gasteiger partial charge in [0.1, 0.15) is 16.5 Å². The number of carboxylic acids is 1. The van der Waals surface area contributed by atoms with Crippen molar-refractivity contribution >= 4 is 23.2 Å². The molecule has 24 heavy (non-hydrogen) atoms. The number of aryl methyl sites for hydroxylation is 1. The monoisotopic (exact) mass is 346 g/mol. The van der Waals surface area contributed by atoms with E-state index in [1.165, 1.54) is 0 Å². The third-order valence-electron chi connectivity index (χ3n) is 4.80. The molecule has 7 nitrogen and oxygen atoms in total. The molecule has 0 radical (unpaired) electrons. The van der Waals surface area contributed by atoms with Crippen LogP contribution in [0.1, 0.15) is 56.9 Å². The van der Waals surface area contributed by atoms with Crippen LogP contribution in [0.4, 0.5) is 0 Å². The summed E-state index contributed by atoms with van der Waals surface area (Å²) < 4.78 is 2.19. The molecule has 2 aromatic heterocycles. The predicted molar refractivity (Wildman–Crippen MR) is 87.5 cm³/mol. The molecular weight excluding hydrogens is 328 g/mol. The summed E-state index contributed by atoms with van der Waals surface area (Å²) in [5, 5.41) is 19.5. The van der Waals surface area contributed by atoms with Crippen LogP contribution in [0.5, 0.6) is 0 Å². The quantitative estimate of drug-likeness (QED) is 0.918. The molecule has 1 amide bonds. The maximum absolute atomic E-state index is 12.8. The van der Waals surface area contributed by atoms with E-state index in [1.54, 1.807) is 16.3 Å². The molecule has 8 heteroatoms. The van der Waals surface area contributed by atoms with Crippen LogP contribution in [-0.2, 0) is 13.0 Å². The van der Waals surface area contributed by atoms with Crippen molar-refractivity contribution in [3.05, 3.63) is 33.5 Å². The smallest absolute Gasteiger partial charge is 0.346 e. The molecule has 1 unspecified atom stereocenters. The van der Waals surface area contributed by atoms with Gasteiger partial charge in [-0.1, -0.05) is 0 Å². The van der Waals surface area contributed by atoms with E-state index in [9.17, 15) is 14.7 Å². The van der Waals surface area contributed by atoms with Gasteiger partial charge in [-0.25, -0.2) is 4.79 Å². The average molecular weight is 346 g/mol. The highest BCUT2D eigenvalue weighted by molar-refractivity contribution is 7.12. The molecule has 126 valence electrons. The van der Waals surface area contributed by atoms with Gasteiger partial charge in [0, 0.05) is 32.0 Å². The second-order valence-electron chi connectivity index (χ2n) is 6.29. The molecule has 0 aromatic carbocycles. The summed E-state index contributed by atoms with van der Waals surface area (Å²) in [5.74, 6) is 0.953. The summed E-state index contributed by atoms with van der Waals surface area (Å²) in [4.78, 5) is 25.9. The number of carboxylic acid groups (broad SMARTS) is 1. The summed E-state index contributed by atoms with van der Waals surface area (Å²) in [5.41, 5.74) is 0.291. The number of rotatable bonds is 3. The molecule has 2 aliphatic heterocycles. The number of likely N-dealkylation sites (tertiary alicyclic amines) is 1. The first kappa shape index (κ1) is 15.3. The Morgan fingerprint density at radius 2 is 2.12 bits per heavy atom. The Morgan fingerprint density at radius 3 is 2.96 bits per heavy atom. The zero-order valence-electron chi connectivity index (χ0n) is 13.1. The van der Waals surface area contributed by atoms with Crippen LogP contribution >= 0.6 is 11.3 Å². The van der Waals surface area contributed by atoms with E-state index in [1.807, 2.05) is 0 Å². The van der Waals surface area contributed by atoms with Gasteiger partial charge in [0.2, 0.25) is 0 Å². The Kier molecular flexibility index (Phi) is 3.84. The Balaban J connectivity index is 1.55. The lowest BCUT2D eigenvalue weighted by Crippen LogP contribution is -2.40. The van der Waals surface area contributed by atoms with Gasteiger partial charge in [0.25, 0.3) is 5.91 Å². The molecule has 0 aliphatic carbocycles. The van der Waals surface area contributed by atoms with Crippen LogP contribution in [0.25, 0.3) is 0 Å². The molecular formula is C16H18N4O3S. The predicted octanol–water partition coefficient (Wildman–Crippen LogP) is 2.00. The van der Waals surface area contributed by atoms with Gasteiger partial charge in [-0.05, 0) is 30.7 Å². The highest BCUT2D eigenvalue weighted by atomic mass is 32.1. The van der Waals surface area contributed by atoms with Gasteiger partial charge in [-0.15, -0.1) is 21.5 Å². The van der Waals surface area contributed by atoms with Gasteiger partial charge < -0.3 is 14.6 Å². The largest absolute Gasteiger partial charge is 0.477 e. The van der Waals surface area contributed by atoms with Gasteiger partial charge in [0.15, 0.2) is 0 Å². The van der Waals surface area contributed by atoms with Gasteiger partial charge in [-0.2, -0.15) is 0 Å². The van der Waals surface area contributed by atoms with Crippen LogP contribution in [0.15, 0.2) is 11.4 Å². The summed E-state index contributed by atoms with van der Waals surface area (Å²) in [6.07, 6.45) is 3.95. The number of amides is 1. The molecule has 2 aliphatic rings. The zero-order valence-corrected chi connectivity index (χ0v) is 14.0. The van der Waals surface area contributed by atoms with Crippen LogP contribution < -0.4 is 0 Å². The number of hydrogen-bond acceptors (Lipinski definition) is 5. The number of fused-ring (bicyclic) bond motifs is 1. The summed E-state index contributed by atoms with van der Waals surface area (Å²) in [7, 11) is 0. The minimum Gasteiger partial charge on any atom is -0.477 e. The fourth-order valence-electron chi connectivity index (χ4n) is 3.66. The highest BCUT2D eigenvalue weighted by Gasteiger charge is 2.32. The van der Waals surface area contributed by atoms with Crippen LogP contribution in [-0.4, -0.2) is 49.7 Å². The van der Waals surface area contributed by atoms with Gasteiger partial charge in [-0.3, -0.25) is 4.79 Å². The van der Waals surface area contributed by atoms with E-state index >= 15 is 0 Å². The SMILES string of the molecule is O=C(O)c1sccc1C(=O)N1CCCC(c2nnc3n2CCC3)C1. The minimum absolute atomic E-state index is 0.116. The van der Waals surface area contributed by atoms with Crippen molar-refractivity contribution in [2.24, 2.45) is 0 Å². The van der Waals surface area contributed by atoms with Crippen molar-refractivity contribution in [3.63, 3.8) is 0 Å². The van der Waals surface area contributed by atoms with E-state index in [4.69, 9.17) is 0 Å². The van der Waals surface area contributed by atoms with Crippen molar-refractivity contribution in [2.75, 3.05) is 13.1 Å². The van der Waals surface area contributed by atoms with Crippen LogP contribution in [0.3, 0.4) is 0 Å². The zero-order chi connectivity index (χ0) is 16.7. The molecule has 0 saturated carbocycles. The van der Waals surface area contributed by atoms with E-state index in [-0.39, 0.29) is 16.7 Å². The van der Waals surface area contributed by atoms with Crippen LogP contribution in [0.2, 0.25) is 0 Å². The van der Waals surface area contributed by atoms with Crippen molar-refractivity contribution in [2.45, 2.75) is 38.1 Å². The standard InChI is InChI=1S/C16H18N4O3S/c21-15(11-5-8-24-13(11)16(22)23)19-6-1-3-10(9-19)14-18-17-12-4-2-7-20(12)14/h5,8,10H,1-4,6-7,9H2,(H,22,23). The fourth-order valence-corrected chi connectivity index (χ4v) is 4.38. The normalized spacial score (nSPS) is 20.2. The third kappa shape index (κ3) is 2.50. The number of carbonyl (C=O) groups is 2. The average Bonchev–Trinajstić information content (AvgIpc) is 3.29. The number of thiophene rings is 1. The molecule has 0 spiro atoms. The second kappa shape index (κ2) is 6.01. The highest BCUT2D eigenvalue weighted by Crippen LogP contribution is 2.30. The first-order valence-corrected chi connectivity index (χ1v) is 9.05. The topological polar surface area (TPSA) is 88.3 Å². The second-order valence-corrected chi connectivity index (χ2v) is 7.20. The first-order valence-electron chi connectivity index (χ1n) is 8.17. The number of piperidine rings is 1. The molecule has 0 bridgehead atoms. The number of aromatic nitrogens is 3. The maximum atomic E-state index is 12.8. The summed E-state index contributed by atoms with van der Waals surface area (Å²) in [6.45, 7) is 2.19. The summed E-state index contributed by atoms with van der Waals surface area (Å²) in [6, 6.07) is 1.61. The lowest BCUT2D eigenvalue weighted by atomic mass is 9.96. The molecule has 1 saturated heterocycles. The lowest BCUT2D eigenvalue weighted by Gasteiger charge is -2.32. The number of hydrogen-bond donors (Lipinski definition) is 1. The van der Waals surface area contributed by atoms with Crippen molar-refractivity contribution < 1.29 is 14.7 Å². The minimum atomic E-state index is -1.04. The van der Waals surface area contributed by atoms with E-state index in [0.29, 0.717) is 18.7 Å². The molecule has 1 N–H and O–H groups in total. The van der Waals surface area contributed by atoms with Crippen molar-refractivity contribution in [1.82, 2.24) is 19.7 Å². The molecule has 4 heterocycles. The van der Waals surface area contributed by atoms with E-state index < -0.39 is 5.97 Å². The molecule has 4 rings (SSSR count). The maximum Gasteiger partial charge on any atom is 0.346 e. The van der Waals surface area contributed by atoms with Crippen LogP contribution in [0, 0.1) is 0 Å². The van der Waals surface area contributed by atoms with Gasteiger partial charge in [0.05, 0.1) is 5.56 Å². The van der Waals surface area contributed by atoms with E-state index in [0.717, 1.165) is 55.2 Å². The Labute approximate surface area is 142 Å². The molecule has 1 fully saturated rings. The Bertz CT molecular complexity index is 797. The fraction of sp³-hybridized carbons (Fsp3) is 0.500. The summed E-state index contributed by atoms with van der Waals surface area (Å²) >= 11 is 1.09. The van der Waals surface area contributed by atoms with Crippen molar-refractivity contribution in [1.29, 1.82) is 0 Å².